The Morgan fingerprint density at radius 1 is 1.38 bits per heavy atom. The highest BCUT2D eigenvalue weighted by molar-refractivity contribution is 5.86. The molecule has 5 nitrogen and oxygen atoms in total. The van der Waals surface area contributed by atoms with Crippen LogP contribution in [0.25, 0.3) is 0 Å². The van der Waals surface area contributed by atoms with E-state index in [1.165, 1.54) is 12.1 Å². The highest BCUT2D eigenvalue weighted by Crippen LogP contribution is 2.30. The first-order valence-electron chi connectivity index (χ1n) is 9.67. The van der Waals surface area contributed by atoms with Crippen LogP contribution in [-0.4, -0.2) is 42.3 Å². The second-order valence-corrected chi connectivity index (χ2v) is 7.83. The predicted molar refractivity (Wildman–Crippen MR) is 101 cm³/mol. The number of nitrogens with one attached hydrogen (secondary N) is 2. The summed E-state index contributed by atoms with van der Waals surface area (Å²) in [7, 11) is 0. The van der Waals surface area contributed by atoms with E-state index in [1.807, 2.05) is 13.8 Å². The number of halogens is 1. The number of carbonyl (C=O) groups excluding carboxylic acids is 1. The Hall–Kier alpha value is -1.66. The van der Waals surface area contributed by atoms with E-state index in [-0.39, 0.29) is 23.9 Å². The molecule has 2 atom stereocenters. The van der Waals surface area contributed by atoms with Crippen LogP contribution in [0.3, 0.4) is 0 Å². The molecule has 3 rings (SSSR count). The Kier molecular flexibility index (Phi) is 5.82. The molecule has 2 fully saturated rings. The lowest BCUT2D eigenvalue weighted by Gasteiger charge is -2.36. The molecule has 26 heavy (non-hydrogen) atoms. The number of hydrogen-bond acceptors (Lipinski definition) is 4. The second kappa shape index (κ2) is 7.92. The summed E-state index contributed by atoms with van der Waals surface area (Å²) in [5.74, 6) is -0.335. The van der Waals surface area contributed by atoms with Crippen LogP contribution in [0.2, 0.25) is 0 Å². The number of rotatable bonds is 4. The minimum absolute atomic E-state index is 0.0334. The molecular weight excluding hydrogens is 333 g/mol. The van der Waals surface area contributed by atoms with E-state index in [2.05, 4.69) is 15.5 Å². The molecule has 2 heterocycles. The van der Waals surface area contributed by atoms with Crippen LogP contribution in [0.4, 0.5) is 10.1 Å². The van der Waals surface area contributed by atoms with Crippen LogP contribution in [0.5, 0.6) is 0 Å². The van der Waals surface area contributed by atoms with Gasteiger partial charge in [0.1, 0.15) is 5.82 Å². The molecule has 2 aliphatic rings. The maximum absolute atomic E-state index is 13.9. The van der Waals surface area contributed by atoms with Crippen molar-refractivity contribution in [1.82, 2.24) is 10.6 Å². The number of aliphatic hydroxyl groups is 1. The molecule has 1 aromatic rings. The summed E-state index contributed by atoms with van der Waals surface area (Å²) in [5.41, 5.74) is 1.16. The minimum Gasteiger partial charge on any atom is -0.393 e. The first kappa shape index (κ1) is 19.1. The van der Waals surface area contributed by atoms with E-state index in [0.29, 0.717) is 12.8 Å². The summed E-state index contributed by atoms with van der Waals surface area (Å²) in [5, 5.41) is 16.1. The number of benzene rings is 1. The van der Waals surface area contributed by atoms with Gasteiger partial charge in [-0.2, -0.15) is 0 Å². The molecule has 144 valence electrons. The van der Waals surface area contributed by atoms with E-state index in [4.69, 9.17) is 0 Å². The van der Waals surface area contributed by atoms with E-state index >= 15 is 0 Å². The van der Waals surface area contributed by atoms with Crippen molar-refractivity contribution >= 4 is 11.6 Å². The zero-order chi connectivity index (χ0) is 18.7. The number of aliphatic hydroxyl groups excluding tert-OH is 1. The average molecular weight is 363 g/mol. The molecule has 0 saturated carbocycles. The number of amides is 1. The molecule has 0 aromatic heterocycles. The Balaban J connectivity index is 1.76. The number of piperidine rings is 2. The van der Waals surface area contributed by atoms with E-state index in [9.17, 15) is 14.3 Å². The van der Waals surface area contributed by atoms with Gasteiger partial charge in [-0.3, -0.25) is 4.79 Å². The maximum atomic E-state index is 13.9. The van der Waals surface area contributed by atoms with Gasteiger partial charge in [0.2, 0.25) is 5.91 Å². The SMILES string of the molecule is CC(NC(=O)C1(C)CCCCN1)c1cc(F)ccc1N1CCC(O)CC1. The highest BCUT2D eigenvalue weighted by atomic mass is 19.1. The van der Waals surface area contributed by atoms with Crippen LogP contribution in [0.15, 0.2) is 18.2 Å². The number of hydrogen-bond donors (Lipinski definition) is 3. The molecule has 0 spiro atoms. The number of carbonyl (C=O) groups is 1. The third kappa shape index (κ3) is 4.18. The van der Waals surface area contributed by atoms with Crippen LogP contribution in [0, 0.1) is 5.82 Å². The Bertz CT molecular complexity index is 638. The summed E-state index contributed by atoms with van der Waals surface area (Å²) in [6.07, 6.45) is 4.09. The molecule has 3 N–H and O–H groups in total. The lowest BCUT2D eigenvalue weighted by molar-refractivity contribution is -0.128. The van der Waals surface area contributed by atoms with E-state index in [1.54, 1.807) is 6.07 Å². The summed E-state index contributed by atoms with van der Waals surface area (Å²) < 4.78 is 13.9. The standard InChI is InChI=1S/C20H30FN3O2/c1-14(23-19(26)20(2)9-3-4-10-22-20)17-13-15(21)5-6-18(17)24-11-7-16(25)8-12-24/h5-6,13-14,16,22,25H,3-4,7-12H2,1-2H3,(H,23,26). The van der Waals surface area contributed by atoms with Crippen LogP contribution >= 0.6 is 0 Å². The van der Waals surface area contributed by atoms with Gasteiger partial charge >= 0.3 is 0 Å². The van der Waals surface area contributed by atoms with Crippen molar-refractivity contribution in [2.75, 3.05) is 24.5 Å². The average Bonchev–Trinajstić information content (AvgIpc) is 2.63. The fourth-order valence-electron chi connectivity index (χ4n) is 3.95. The molecule has 2 unspecified atom stereocenters. The molecule has 1 aromatic carbocycles. The van der Waals surface area contributed by atoms with E-state index in [0.717, 1.165) is 50.1 Å². The van der Waals surface area contributed by atoms with Gasteiger partial charge in [-0.15, -0.1) is 0 Å². The minimum atomic E-state index is -0.560. The van der Waals surface area contributed by atoms with Gasteiger partial charge in [-0.1, -0.05) is 0 Å². The van der Waals surface area contributed by atoms with Crippen LogP contribution < -0.4 is 15.5 Å². The molecule has 6 heteroatoms. The van der Waals surface area contributed by atoms with Gasteiger partial charge in [0.25, 0.3) is 0 Å². The number of nitrogens with zero attached hydrogens (tertiary/aromatic N) is 1. The molecule has 0 radical (unpaired) electrons. The van der Waals surface area contributed by atoms with Crippen molar-refractivity contribution in [3.05, 3.63) is 29.6 Å². The largest absolute Gasteiger partial charge is 0.393 e. The Morgan fingerprint density at radius 2 is 2.12 bits per heavy atom. The fraction of sp³-hybridized carbons (Fsp3) is 0.650. The fourth-order valence-corrected chi connectivity index (χ4v) is 3.95. The smallest absolute Gasteiger partial charge is 0.240 e. The van der Waals surface area contributed by atoms with Gasteiger partial charge in [-0.05, 0) is 70.7 Å². The van der Waals surface area contributed by atoms with Gasteiger partial charge < -0.3 is 20.6 Å². The third-order valence-electron chi connectivity index (χ3n) is 5.73. The van der Waals surface area contributed by atoms with Crippen molar-refractivity contribution in [1.29, 1.82) is 0 Å². The highest BCUT2D eigenvalue weighted by Gasteiger charge is 2.35. The first-order valence-corrected chi connectivity index (χ1v) is 9.67. The van der Waals surface area contributed by atoms with Crippen LogP contribution in [-0.2, 0) is 4.79 Å². The normalized spacial score (nSPS) is 25.8. The Morgan fingerprint density at radius 3 is 2.77 bits per heavy atom. The van der Waals surface area contributed by atoms with Crippen molar-refractivity contribution in [3.8, 4) is 0 Å². The van der Waals surface area contributed by atoms with Gasteiger partial charge in [0.15, 0.2) is 0 Å². The van der Waals surface area contributed by atoms with Gasteiger partial charge in [-0.25, -0.2) is 4.39 Å². The summed E-state index contributed by atoms with van der Waals surface area (Å²) in [4.78, 5) is 15.0. The zero-order valence-corrected chi connectivity index (χ0v) is 15.7. The van der Waals surface area contributed by atoms with Crippen molar-refractivity contribution in [3.63, 3.8) is 0 Å². The predicted octanol–water partition coefficient (Wildman–Crippen LogP) is 2.50. The van der Waals surface area contributed by atoms with Crippen molar-refractivity contribution in [2.45, 2.75) is 63.6 Å². The summed E-state index contributed by atoms with van der Waals surface area (Å²) in [6, 6.07) is 4.47. The summed E-state index contributed by atoms with van der Waals surface area (Å²) in [6.45, 7) is 6.16. The van der Waals surface area contributed by atoms with Crippen molar-refractivity contribution < 1.29 is 14.3 Å². The molecule has 2 saturated heterocycles. The Labute approximate surface area is 155 Å². The molecule has 1 amide bonds. The topological polar surface area (TPSA) is 64.6 Å². The molecule has 0 bridgehead atoms. The molecule has 2 aliphatic heterocycles. The molecule has 0 aliphatic carbocycles. The van der Waals surface area contributed by atoms with E-state index < -0.39 is 5.54 Å². The monoisotopic (exact) mass is 363 g/mol. The lowest BCUT2D eigenvalue weighted by atomic mass is 9.89. The van der Waals surface area contributed by atoms with Gasteiger partial charge in [0.05, 0.1) is 17.7 Å². The number of anilines is 1. The van der Waals surface area contributed by atoms with Gasteiger partial charge in [0, 0.05) is 24.3 Å². The van der Waals surface area contributed by atoms with Crippen LogP contribution in [0.1, 0.15) is 57.6 Å². The third-order valence-corrected chi connectivity index (χ3v) is 5.73. The maximum Gasteiger partial charge on any atom is 0.240 e. The lowest BCUT2D eigenvalue weighted by Crippen LogP contribution is -2.57. The zero-order valence-electron chi connectivity index (χ0n) is 15.7. The molecular formula is C20H30FN3O2. The van der Waals surface area contributed by atoms with Crippen molar-refractivity contribution in [2.24, 2.45) is 0 Å². The quantitative estimate of drug-likeness (QED) is 0.769. The second-order valence-electron chi connectivity index (χ2n) is 7.83. The first-order chi connectivity index (χ1) is 12.4. The summed E-state index contributed by atoms with van der Waals surface area (Å²) >= 11 is 0.